The Labute approximate surface area is 150 Å². The van der Waals surface area contributed by atoms with Crippen LogP contribution in [0.4, 0.5) is 23.7 Å². The monoisotopic (exact) mass is 394 g/mol. The topological polar surface area (TPSA) is 41.1 Å². The van der Waals surface area contributed by atoms with Gasteiger partial charge in [0, 0.05) is 27.2 Å². The number of nitrogens with one attached hydrogen (secondary N) is 2. The first-order valence-electron chi connectivity index (χ1n) is 6.57. The summed E-state index contributed by atoms with van der Waals surface area (Å²) in [5.41, 5.74) is -3.28. The first-order valence-corrected chi connectivity index (χ1v) is 8.15. The maximum Gasteiger partial charge on any atom is 0.446 e. The van der Waals surface area contributed by atoms with Gasteiger partial charge in [0.05, 0.1) is 0 Å². The predicted octanol–water partition coefficient (Wildman–Crippen LogP) is 5.93. The molecule has 0 unspecified atom stereocenters. The van der Waals surface area contributed by atoms with E-state index in [4.69, 9.17) is 23.2 Å². The standard InChI is InChI=1S/C15H11Cl2F3N2OS/c16-10-2-1-9(13(17)7-10)8-21-14(23)22-11-3-5-12(6-4-11)24-15(18,19)20/h1-7H,8H2,(H2,21,22,23). The molecule has 0 aliphatic rings. The SMILES string of the molecule is O=C(NCc1ccc(Cl)cc1Cl)Nc1ccc(SC(F)(F)F)cc1. The molecule has 2 N–H and O–H groups in total. The van der Waals surface area contributed by atoms with Crippen molar-refractivity contribution in [2.75, 3.05) is 5.32 Å². The largest absolute Gasteiger partial charge is 0.446 e. The molecule has 0 saturated heterocycles. The van der Waals surface area contributed by atoms with E-state index >= 15 is 0 Å². The minimum atomic E-state index is -4.34. The van der Waals surface area contributed by atoms with Gasteiger partial charge in [0.2, 0.25) is 0 Å². The molecular formula is C15H11Cl2F3N2OS. The van der Waals surface area contributed by atoms with Crippen LogP contribution < -0.4 is 10.6 Å². The molecule has 0 aromatic heterocycles. The Morgan fingerprint density at radius 3 is 2.33 bits per heavy atom. The van der Waals surface area contributed by atoms with E-state index in [0.29, 0.717) is 21.3 Å². The summed E-state index contributed by atoms with van der Waals surface area (Å²) in [6, 6.07) is 9.75. The number of halogens is 5. The van der Waals surface area contributed by atoms with Crippen LogP contribution in [0.2, 0.25) is 10.0 Å². The summed E-state index contributed by atoms with van der Waals surface area (Å²) >= 11 is 11.6. The van der Waals surface area contributed by atoms with Gasteiger partial charge < -0.3 is 10.6 Å². The van der Waals surface area contributed by atoms with E-state index in [-0.39, 0.29) is 23.2 Å². The van der Waals surface area contributed by atoms with Crippen LogP contribution in [0.1, 0.15) is 5.56 Å². The van der Waals surface area contributed by atoms with Crippen molar-refractivity contribution in [3.8, 4) is 0 Å². The number of hydrogen-bond donors (Lipinski definition) is 2. The first-order chi connectivity index (χ1) is 11.2. The summed E-state index contributed by atoms with van der Waals surface area (Å²) in [5, 5.41) is 6.04. The van der Waals surface area contributed by atoms with Gasteiger partial charge in [0.25, 0.3) is 0 Å². The van der Waals surface area contributed by atoms with Crippen molar-refractivity contribution in [3.05, 3.63) is 58.1 Å². The summed E-state index contributed by atoms with van der Waals surface area (Å²) in [6.45, 7) is 0.184. The first kappa shape index (κ1) is 18.8. The number of thioether (sulfide) groups is 1. The number of hydrogen-bond acceptors (Lipinski definition) is 2. The molecular weight excluding hydrogens is 384 g/mol. The Morgan fingerprint density at radius 1 is 1.08 bits per heavy atom. The molecule has 0 spiro atoms. The molecule has 0 heterocycles. The molecule has 0 saturated carbocycles. The van der Waals surface area contributed by atoms with Crippen LogP contribution in [0, 0.1) is 0 Å². The quantitative estimate of drug-likeness (QED) is 0.631. The molecule has 0 atom stereocenters. The van der Waals surface area contributed by atoms with Gasteiger partial charge in [0.15, 0.2) is 0 Å². The Bertz CT molecular complexity index is 724. The third-order valence-corrected chi connectivity index (χ3v) is 4.13. The lowest BCUT2D eigenvalue weighted by Gasteiger charge is -2.10. The van der Waals surface area contributed by atoms with E-state index < -0.39 is 11.5 Å². The van der Waals surface area contributed by atoms with Gasteiger partial charge >= 0.3 is 11.5 Å². The highest BCUT2D eigenvalue weighted by molar-refractivity contribution is 8.00. The third-order valence-electron chi connectivity index (χ3n) is 2.80. The molecule has 3 nitrogen and oxygen atoms in total. The summed E-state index contributed by atoms with van der Waals surface area (Å²) in [4.78, 5) is 11.8. The molecule has 2 aromatic rings. The van der Waals surface area contributed by atoms with Crippen LogP contribution in [0.5, 0.6) is 0 Å². The van der Waals surface area contributed by atoms with Crippen molar-refractivity contribution < 1.29 is 18.0 Å². The van der Waals surface area contributed by atoms with Gasteiger partial charge in [-0.25, -0.2) is 4.79 Å². The van der Waals surface area contributed by atoms with Gasteiger partial charge in [-0.2, -0.15) is 13.2 Å². The molecule has 2 aromatic carbocycles. The molecule has 0 radical (unpaired) electrons. The average Bonchev–Trinajstić information content (AvgIpc) is 2.47. The molecule has 0 fully saturated rings. The highest BCUT2D eigenvalue weighted by Gasteiger charge is 2.29. The maximum atomic E-state index is 12.2. The zero-order valence-electron chi connectivity index (χ0n) is 12.0. The summed E-state index contributed by atoms with van der Waals surface area (Å²) in [6.07, 6.45) is 0. The van der Waals surface area contributed by atoms with Crippen molar-refractivity contribution in [3.63, 3.8) is 0 Å². The van der Waals surface area contributed by atoms with Crippen LogP contribution in [-0.4, -0.2) is 11.5 Å². The number of benzene rings is 2. The zero-order chi connectivity index (χ0) is 17.7. The van der Waals surface area contributed by atoms with Crippen molar-refractivity contribution in [2.24, 2.45) is 0 Å². The van der Waals surface area contributed by atoms with Gasteiger partial charge in [-0.3, -0.25) is 0 Å². The molecule has 2 rings (SSSR count). The van der Waals surface area contributed by atoms with E-state index in [1.165, 1.54) is 24.3 Å². The van der Waals surface area contributed by atoms with E-state index in [1.807, 2.05) is 0 Å². The van der Waals surface area contributed by atoms with Crippen LogP contribution in [0.3, 0.4) is 0 Å². The van der Waals surface area contributed by atoms with Gasteiger partial charge in [-0.15, -0.1) is 0 Å². The number of anilines is 1. The van der Waals surface area contributed by atoms with Gasteiger partial charge in [-0.1, -0.05) is 29.3 Å². The lowest BCUT2D eigenvalue weighted by atomic mass is 10.2. The van der Waals surface area contributed by atoms with E-state index in [0.717, 1.165) is 0 Å². The lowest BCUT2D eigenvalue weighted by molar-refractivity contribution is -0.0328. The fourth-order valence-electron chi connectivity index (χ4n) is 1.76. The molecule has 24 heavy (non-hydrogen) atoms. The van der Waals surface area contributed by atoms with Gasteiger partial charge in [-0.05, 0) is 53.7 Å². The van der Waals surface area contributed by atoms with Crippen LogP contribution in [-0.2, 0) is 6.54 Å². The normalized spacial score (nSPS) is 11.2. The second-order valence-corrected chi connectivity index (χ2v) is 6.60. The van der Waals surface area contributed by atoms with Crippen molar-refractivity contribution in [1.29, 1.82) is 0 Å². The number of alkyl halides is 3. The summed E-state index contributed by atoms with van der Waals surface area (Å²) < 4.78 is 36.7. The minimum Gasteiger partial charge on any atom is -0.334 e. The highest BCUT2D eigenvalue weighted by Crippen LogP contribution is 2.37. The molecule has 2 amide bonds. The number of carbonyl (C=O) groups is 1. The second kappa shape index (κ2) is 8.00. The molecule has 0 aliphatic carbocycles. The van der Waals surface area contributed by atoms with Crippen LogP contribution in [0.15, 0.2) is 47.4 Å². The smallest absolute Gasteiger partial charge is 0.334 e. The van der Waals surface area contributed by atoms with Gasteiger partial charge in [0.1, 0.15) is 0 Å². The number of urea groups is 1. The third kappa shape index (κ3) is 6.14. The fourth-order valence-corrected chi connectivity index (χ4v) is 2.77. The van der Waals surface area contributed by atoms with Crippen LogP contribution >= 0.6 is 35.0 Å². The van der Waals surface area contributed by atoms with Crippen molar-refractivity contribution >= 4 is 46.7 Å². The summed E-state index contributed by atoms with van der Waals surface area (Å²) in [7, 11) is 0. The molecule has 0 bridgehead atoms. The predicted molar refractivity (Wildman–Crippen MR) is 90.7 cm³/mol. The fraction of sp³-hybridized carbons (Fsp3) is 0.133. The highest BCUT2D eigenvalue weighted by atomic mass is 35.5. The lowest BCUT2D eigenvalue weighted by Crippen LogP contribution is -2.28. The van der Waals surface area contributed by atoms with E-state index in [9.17, 15) is 18.0 Å². The number of rotatable bonds is 4. The Balaban J connectivity index is 1.88. The Hall–Kier alpha value is -1.57. The number of amides is 2. The second-order valence-electron chi connectivity index (χ2n) is 4.62. The Kier molecular flexibility index (Phi) is 6.26. The van der Waals surface area contributed by atoms with E-state index in [1.54, 1.807) is 18.2 Å². The number of carbonyl (C=O) groups excluding carboxylic acids is 1. The Morgan fingerprint density at radius 2 is 1.75 bits per heavy atom. The molecule has 128 valence electrons. The molecule has 0 aliphatic heterocycles. The van der Waals surface area contributed by atoms with Crippen LogP contribution in [0.25, 0.3) is 0 Å². The summed E-state index contributed by atoms with van der Waals surface area (Å²) in [5.74, 6) is 0. The zero-order valence-corrected chi connectivity index (χ0v) is 14.3. The average molecular weight is 395 g/mol. The van der Waals surface area contributed by atoms with E-state index in [2.05, 4.69) is 10.6 Å². The van der Waals surface area contributed by atoms with Crippen molar-refractivity contribution in [2.45, 2.75) is 16.9 Å². The van der Waals surface area contributed by atoms with Crippen molar-refractivity contribution in [1.82, 2.24) is 5.32 Å². The molecule has 9 heteroatoms. The maximum absolute atomic E-state index is 12.2. The minimum absolute atomic E-state index is 0.0430.